The van der Waals surface area contributed by atoms with Crippen LogP contribution in [-0.2, 0) is 17.0 Å². The second-order valence-electron chi connectivity index (χ2n) is 8.03. The minimum absolute atomic E-state index is 0.269. The topological polar surface area (TPSA) is 70.4 Å². The lowest BCUT2D eigenvalue weighted by atomic mass is 9.89. The van der Waals surface area contributed by atoms with Crippen LogP contribution in [-0.4, -0.2) is 17.5 Å². The van der Waals surface area contributed by atoms with Crippen molar-refractivity contribution >= 4 is 11.6 Å². The molecule has 0 aliphatic carbocycles. The van der Waals surface area contributed by atoms with Crippen molar-refractivity contribution in [2.45, 2.75) is 12.2 Å². The van der Waals surface area contributed by atoms with Crippen LogP contribution in [0.4, 0.5) is 14.5 Å². The van der Waals surface area contributed by atoms with Gasteiger partial charge in [-0.25, -0.2) is 8.78 Å². The van der Waals surface area contributed by atoms with Crippen molar-refractivity contribution in [3.63, 3.8) is 0 Å². The Bertz CT molecular complexity index is 1150. The molecule has 4 N–H and O–H groups in total. The van der Waals surface area contributed by atoms with Gasteiger partial charge in [-0.1, -0.05) is 72.8 Å². The van der Waals surface area contributed by atoms with Crippen molar-refractivity contribution in [1.29, 1.82) is 0 Å². The molecule has 5 nitrogen and oxygen atoms in total. The first-order valence-corrected chi connectivity index (χ1v) is 11.2. The first-order chi connectivity index (χ1) is 17.0. The van der Waals surface area contributed by atoms with E-state index in [1.165, 1.54) is 24.3 Å². The maximum absolute atomic E-state index is 14.0. The number of hydrogen-bond acceptors (Lipinski definition) is 4. The monoisotopic (exact) mass is 472 g/mol. The predicted octanol–water partition coefficient (Wildman–Crippen LogP) is 4.77. The summed E-state index contributed by atoms with van der Waals surface area (Å²) in [6.07, 6.45) is 0. The summed E-state index contributed by atoms with van der Waals surface area (Å²) in [5.41, 5.74) is 10.6. The van der Waals surface area contributed by atoms with E-state index in [0.717, 1.165) is 11.3 Å². The van der Waals surface area contributed by atoms with E-state index in [0.29, 0.717) is 17.7 Å². The Morgan fingerprint density at radius 3 is 1.71 bits per heavy atom. The molecule has 0 aliphatic rings. The summed E-state index contributed by atoms with van der Waals surface area (Å²) in [5.74, 6) is -1.28. The van der Waals surface area contributed by atoms with Gasteiger partial charge < -0.3 is 16.5 Å². The Morgan fingerprint density at radius 2 is 1.23 bits per heavy atom. The number of halogens is 2. The third-order valence-electron chi connectivity index (χ3n) is 5.66. The molecule has 0 atom stereocenters. The molecule has 0 unspecified atom stereocenters. The number of nitrogens with zero attached hydrogens (tertiary/aromatic N) is 1. The summed E-state index contributed by atoms with van der Waals surface area (Å²) >= 11 is 0. The van der Waals surface area contributed by atoms with Crippen LogP contribution in [0.15, 0.2) is 109 Å². The molecule has 4 rings (SSSR count). The summed E-state index contributed by atoms with van der Waals surface area (Å²) in [7, 11) is 0. The molecule has 4 aromatic carbocycles. The number of nitrogens with two attached hydrogens (primary N) is 1. The minimum atomic E-state index is -1.37. The maximum atomic E-state index is 14.0. The molecule has 178 valence electrons. The summed E-state index contributed by atoms with van der Waals surface area (Å²) < 4.78 is 27.9. The molecule has 0 spiro atoms. The summed E-state index contributed by atoms with van der Waals surface area (Å²) in [4.78, 5) is 12.9. The molecule has 35 heavy (non-hydrogen) atoms. The average Bonchev–Trinajstić information content (AvgIpc) is 2.89. The van der Waals surface area contributed by atoms with E-state index in [1.54, 1.807) is 24.3 Å². The zero-order valence-electron chi connectivity index (χ0n) is 19.0. The third-order valence-corrected chi connectivity index (χ3v) is 5.66. The number of rotatable bonds is 9. The Balaban J connectivity index is 1.96. The fourth-order valence-electron chi connectivity index (χ4n) is 4.00. The zero-order chi connectivity index (χ0) is 24.7. The van der Waals surface area contributed by atoms with Gasteiger partial charge in [0.1, 0.15) is 11.6 Å². The first-order valence-electron chi connectivity index (χ1n) is 11.2. The van der Waals surface area contributed by atoms with Gasteiger partial charge in [0.15, 0.2) is 5.66 Å². The molecule has 0 saturated heterocycles. The fraction of sp³-hybridized carbons (Fsp3) is 0.107. The first kappa shape index (κ1) is 24.1. The third kappa shape index (κ3) is 5.54. The van der Waals surface area contributed by atoms with E-state index in [1.807, 2.05) is 65.7 Å². The number of anilines is 1. The smallest absolute Gasteiger partial charge is 0.235 e. The molecule has 7 heteroatoms. The molecule has 0 fully saturated rings. The van der Waals surface area contributed by atoms with Crippen molar-refractivity contribution in [3.05, 3.63) is 138 Å². The molecule has 0 aliphatic heterocycles. The lowest BCUT2D eigenvalue weighted by Crippen LogP contribution is -2.61. The van der Waals surface area contributed by atoms with Crippen molar-refractivity contribution in [2.75, 3.05) is 12.0 Å². The standard InChI is InChI=1S/C28H26F2N4O/c29-24-15-11-22(12-16-24)28(32-27(35)19-31,23-13-17-25(30)18-14-23)34(20-21-7-3-1-4-8-21)33-26-9-5-2-6-10-26/h1-18,33H,19-20,31H2,(H,32,35). The Labute approximate surface area is 203 Å². The number of para-hydroxylation sites is 1. The fourth-order valence-corrected chi connectivity index (χ4v) is 4.00. The van der Waals surface area contributed by atoms with Crippen molar-refractivity contribution in [1.82, 2.24) is 10.3 Å². The van der Waals surface area contributed by atoms with E-state index in [2.05, 4.69) is 10.7 Å². The number of amides is 1. The number of carbonyl (C=O) groups excluding carboxylic acids is 1. The quantitative estimate of drug-likeness (QED) is 0.242. The van der Waals surface area contributed by atoms with Gasteiger partial charge in [0.25, 0.3) is 0 Å². The van der Waals surface area contributed by atoms with Crippen LogP contribution >= 0.6 is 0 Å². The van der Waals surface area contributed by atoms with E-state index in [4.69, 9.17) is 5.73 Å². The normalized spacial score (nSPS) is 11.3. The molecule has 0 saturated carbocycles. The van der Waals surface area contributed by atoms with Crippen molar-refractivity contribution in [3.8, 4) is 0 Å². The van der Waals surface area contributed by atoms with E-state index in [9.17, 15) is 13.6 Å². The number of nitrogens with one attached hydrogen (secondary N) is 2. The molecule has 4 aromatic rings. The Hall–Kier alpha value is -4.07. The van der Waals surface area contributed by atoms with Crippen LogP contribution in [0.3, 0.4) is 0 Å². The molecule has 1 amide bonds. The van der Waals surface area contributed by atoms with E-state index < -0.39 is 23.2 Å². The van der Waals surface area contributed by atoms with Gasteiger partial charge in [-0.3, -0.25) is 4.79 Å². The highest BCUT2D eigenvalue weighted by Gasteiger charge is 2.42. The Morgan fingerprint density at radius 1 is 0.743 bits per heavy atom. The van der Waals surface area contributed by atoms with Crippen LogP contribution < -0.4 is 16.5 Å². The number of hydrazine groups is 1. The lowest BCUT2D eigenvalue weighted by molar-refractivity contribution is -0.123. The van der Waals surface area contributed by atoms with Crippen LogP contribution in [0.1, 0.15) is 16.7 Å². The minimum Gasteiger partial charge on any atom is -0.328 e. The predicted molar refractivity (Wildman–Crippen MR) is 133 cm³/mol. The zero-order valence-corrected chi connectivity index (χ0v) is 19.0. The van der Waals surface area contributed by atoms with E-state index in [-0.39, 0.29) is 6.54 Å². The summed E-state index contributed by atoms with van der Waals surface area (Å²) in [6, 6.07) is 30.8. The largest absolute Gasteiger partial charge is 0.328 e. The maximum Gasteiger partial charge on any atom is 0.235 e. The van der Waals surface area contributed by atoms with Gasteiger partial charge in [0.05, 0.1) is 6.54 Å². The highest BCUT2D eigenvalue weighted by Crippen LogP contribution is 2.36. The van der Waals surface area contributed by atoms with Gasteiger partial charge in [0.2, 0.25) is 5.91 Å². The van der Waals surface area contributed by atoms with Crippen LogP contribution in [0.5, 0.6) is 0 Å². The molecular weight excluding hydrogens is 446 g/mol. The highest BCUT2D eigenvalue weighted by molar-refractivity contribution is 5.79. The Kier molecular flexibility index (Phi) is 7.50. The molecule has 0 aromatic heterocycles. The highest BCUT2D eigenvalue weighted by atomic mass is 19.1. The number of hydrogen-bond donors (Lipinski definition) is 3. The average molecular weight is 473 g/mol. The second-order valence-corrected chi connectivity index (χ2v) is 8.03. The van der Waals surface area contributed by atoms with Crippen LogP contribution in [0, 0.1) is 11.6 Å². The van der Waals surface area contributed by atoms with Gasteiger partial charge in [-0.05, 0) is 53.1 Å². The van der Waals surface area contributed by atoms with Crippen molar-refractivity contribution in [2.24, 2.45) is 5.73 Å². The molecule has 0 radical (unpaired) electrons. The summed E-state index contributed by atoms with van der Waals surface area (Å²) in [5, 5.41) is 4.89. The van der Waals surface area contributed by atoms with Gasteiger partial charge >= 0.3 is 0 Å². The van der Waals surface area contributed by atoms with Gasteiger partial charge in [-0.2, -0.15) is 5.01 Å². The molecule has 0 heterocycles. The SMILES string of the molecule is NCC(=O)NC(c1ccc(F)cc1)(c1ccc(F)cc1)N(Cc1ccccc1)Nc1ccccc1. The van der Waals surface area contributed by atoms with Gasteiger partial charge in [0, 0.05) is 12.2 Å². The number of benzene rings is 4. The van der Waals surface area contributed by atoms with Crippen LogP contribution in [0.25, 0.3) is 0 Å². The summed E-state index contributed by atoms with van der Waals surface area (Å²) in [6.45, 7) is 0.0595. The molecular formula is C28H26F2N4O. The van der Waals surface area contributed by atoms with Crippen molar-refractivity contribution < 1.29 is 13.6 Å². The van der Waals surface area contributed by atoms with Crippen LogP contribution in [0.2, 0.25) is 0 Å². The van der Waals surface area contributed by atoms with E-state index >= 15 is 0 Å². The molecule has 0 bridgehead atoms. The van der Waals surface area contributed by atoms with Gasteiger partial charge in [-0.15, -0.1) is 0 Å². The number of carbonyl (C=O) groups is 1. The second kappa shape index (κ2) is 10.9. The lowest BCUT2D eigenvalue weighted by Gasteiger charge is -2.45.